The van der Waals surface area contributed by atoms with Crippen LogP contribution in [-0.2, 0) is 11.0 Å². The Hall–Kier alpha value is -2.84. The molecule has 1 atom stereocenters. The average Bonchev–Trinajstić information content (AvgIpc) is 2.74. The number of alkyl halides is 3. The molecule has 2 aromatic rings. The highest BCUT2D eigenvalue weighted by Crippen LogP contribution is 2.35. The van der Waals surface area contributed by atoms with E-state index in [0.29, 0.717) is 18.8 Å². The summed E-state index contributed by atoms with van der Waals surface area (Å²) >= 11 is 0. The SMILES string of the molecule is Cc1cnc(NC2CCC(C(=O)NC(C)c3ccccc3C(F)(F)F)CC2)nc1N(C)C. The summed E-state index contributed by atoms with van der Waals surface area (Å²) in [4.78, 5) is 23.6. The van der Waals surface area contributed by atoms with Crippen LogP contribution < -0.4 is 15.5 Å². The first-order valence-corrected chi connectivity index (χ1v) is 10.8. The Morgan fingerprint density at radius 3 is 2.44 bits per heavy atom. The number of hydrogen-bond acceptors (Lipinski definition) is 5. The number of halogens is 3. The van der Waals surface area contributed by atoms with Gasteiger partial charge in [-0.15, -0.1) is 0 Å². The van der Waals surface area contributed by atoms with Gasteiger partial charge in [-0.3, -0.25) is 4.79 Å². The van der Waals surface area contributed by atoms with E-state index in [4.69, 9.17) is 0 Å². The molecule has 1 fully saturated rings. The van der Waals surface area contributed by atoms with Gasteiger partial charge in [0.05, 0.1) is 11.6 Å². The minimum absolute atomic E-state index is 0.0805. The van der Waals surface area contributed by atoms with E-state index < -0.39 is 17.8 Å². The third-order valence-electron chi connectivity index (χ3n) is 5.89. The molecule has 0 aliphatic heterocycles. The smallest absolute Gasteiger partial charge is 0.362 e. The van der Waals surface area contributed by atoms with Gasteiger partial charge in [-0.1, -0.05) is 18.2 Å². The van der Waals surface area contributed by atoms with Gasteiger partial charge in [0.25, 0.3) is 0 Å². The summed E-state index contributed by atoms with van der Waals surface area (Å²) in [6.07, 6.45) is 0.168. The molecule has 9 heteroatoms. The number of benzene rings is 1. The van der Waals surface area contributed by atoms with Gasteiger partial charge in [0.15, 0.2) is 0 Å². The lowest BCUT2D eigenvalue weighted by atomic mass is 9.85. The Kier molecular flexibility index (Phi) is 7.26. The van der Waals surface area contributed by atoms with E-state index in [9.17, 15) is 18.0 Å². The Balaban J connectivity index is 1.56. The van der Waals surface area contributed by atoms with E-state index in [0.717, 1.165) is 30.3 Å². The number of carbonyl (C=O) groups is 1. The molecular formula is C23H30F3N5O. The van der Waals surface area contributed by atoms with Gasteiger partial charge in [0, 0.05) is 37.8 Å². The van der Waals surface area contributed by atoms with Gasteiger partial charge in [-0.25, -0.2) is 4.98 Å². The molecule has 1 unspecified atom stereocenters. The van der Waals surface area contributed by atoms with Crippen molar-refractivity contribution in [3.8, 4) is 0 Å². The lowest BCUT2D eigenvalue weighted by molar-refractivity contribution is -0.139. The molecule has 0 spiro atoms. The van der Waals surface area contributed by atoms with Crippen LogP contribution in [0.25, 0.3) is 0 Å². The average molecular weight is 450 g/mol. The molecule has 6 nitrogen and oxygen atoms in total. The summed E-state index contributed by atoms with van der Waals surface area (Å²) in [6.45, 7) is 3.55. The summed E-state index contributed by atoms with van der Waals surface area (Å²) in [5.74, 6) is 0.993. The quantitative estimate of drug-likeness (QED) is 0.668. The summed E-state index contributed by atoms with van der Waals surface area (Å²) in [7, 11) is 3.86. The second-order valence-corrected chi connectivity index (χ2v) is 8.60. The molecule has 1 aromatic carbocycles. The summed E-state index contributed by atoms with van der Waals surface area (Å²) in [5, 5.41) is 6.13. The fourth-order valence-corrected chi connectivity index (χ4v) is 4.18. The van der Waals surface area contributed by atoms with Crippen LogP contribution in [0.4, 0.5) is 24.9 Å². The lowest BCUT2D eigenvalue weighted by Crippen LogP contribution is -2.37. The third kappa shape index (κ3) is 5.69. The maximum absolute atomic E-state index is 13.3. The maximum atomic E-state index is 13.3. The number of hydrogen-bond donors (Lipinski definition) is 2. The molecular weight excluding hydrogens is 419 g/mol. The number of nitrogens with one attached hydrogen (secondary N) is 2. The Morgan fingerprint density at radius 2 is 1.81 bits per heavy atom. The zero-order valence-corrected chi connectivity index (χ0v) is 18.8. The molecule has 0 bridgehead atoms. The molecule has 1 aliphatic rings. The first-order valence-electron chi connectivity index (χ1n) is 10.8. The molecule has 1 amide bonds. The van der Waals surface area contributed by atoms with Gasteiger partial charge in [-0.2, -0.15) is 18.2 Å². The zero-order chi connectivity index (χ0) is 23.5. The normalized spacial score (nSPS) is 19.8. The summed E-state index contributed by atoms with van der Waals surface area (Å²) < 4.78 is 39.8. The van der Waals surface area contributed by atoms with Crippen molar-refractivity contribution < 1.29 is 18.0 Å². The van der Waals surface area contributed by atoms with E-state index in [1.807, 2.05) is 25.9 Å². The standard InChI is InChI=1S/C23H30F3N5O/c1-14-13-27-22(30-20(14)31(3)4)29-17-11-9-16(10-12-17)21(32)28-15(2)18-7-5-6-8-19(18)23(24,25)26/h5-8,13,15-17H,9-12H2,1-4H3,(H,28,32)(H,27,29,30). The Morgan fingerprint density at radius 1 is 1.16 bits per heavy atom. The minimum atomic E-state index is -4.45. The molecule has 3 rings (SSSR count). The minimum Gasteiger partial charge on any atom is -0.362 e. The molecule has 0 radical (unpaired) electrons. The van der Waals surface area contributed by atoms with Crippen LogP contribution in [0, 0.1) is 12.8 Å². The number of anilines is 2. The van der Waals surface area contributed by atoms with Crippen LogP contribution in [-0.4, -0.2) is 36.0 Å². The van der Waals surface area contributed by atoms with Gasteiger partial charge in [0.2, 0.25) is 11.9 Å². The largest absolute Gasteiger partial charge is 0.416 e. The fraction of sp³-hybridized carbons (Fsp3) is 0.522. The van der Waals surface area contributed by atoms with Crippen molar-refractivity contribution in [3.63, 3.8) is 0 Å². The number of amides is 1. The van der Waals surface area contributed by atoms with Crippen molar-refractivity contribution in [1.82, 2.24) is 15.3 Å². The predicted molar refractivity (Wildman–Crippen MR) is 118 cm³/mol. The van der Waals surface area contributed by atoms with E-state index in [-0.39, 0.29) is 23.4 Å². The molecule has 1 aromatic heterocycles. The van der Waals surface area contributed by atoms with Crippen LogP contribution in [0.1, 0.15) is 55.3 Å². The molecule has 174 valence electrons. The monoisotopic (exact) mass is 449 g/mol. The second kappa shape index (κ2) is 9.75. The van der Waals surface area contributed by atoms with Gasteiger partial charge in [0.1, 0.15) is 5.82 Å². The van der Waals surface area contributed by atoms with E-state index >= 15 is 0 Å². The first kappa shape index (κ1) is 23.8. The molecule has 2 N–H and O–H groups in total. The topological polar surface area (TPSA) is 70.1 Å². The van der Waals surface area contributed by atoms with Gasteiger partial charge < -0.3 is 15.5 Å². The number of rotatable bonds is 6. The first-order chi connectivity index (χ1) is 15.1. The van der Waals surface area contributed by atoms with Crippen molar-refractivity contribution in [1.29, 1.82) is 0 Å². The fourth-order valence-electron chi connectivity index (χ4n) is 4.18. The van der Waals surface area contributed by atoms with Gasteiger partial charge in [-0.05, 0) is 51.2 Å². The van der Waals surface area contributed by atoms with Crippen molar-refractivity contribution in [2.45, 2.75) is 57.8 Å². The number of carbonyl (C=O) groups excluding carboxylic acids is 1. The number of aryl methyl sites for hydroxylation is 1. The molecule has 1 saturated carbocycles. The highest BCUT2D eigenvalue weighted by atomic mass is 19.4. The van der Waals surface area contributed by atoms with Crippen molar-refractivity contribution in [2.24, 2.45) is 5.92 Å². The zero-order valence-electron chi connectivity index (χ0n) is 18.8. The Labute approximate surface area is 186 Å². The predicted octanol–water partition coefficient (Wildman–Crippen LogP) is 4.72. The van der Waals surface area contributed by atoms with E-state index in [1.165, 1.54) is 12.1 Å². The lowest BCUT2D eigenvalue weighted by Gasteiger charge is -2.30. The van der Waals surface area contributed by atoms with E-state index in [2.05, 4.69) is 20.6 Å². The number of aromatic nitrogens is 2. The van der Waals surface area contributed by atoms with Crippen LogP contribution >= 0.6 is 0 Å². The summed E-state index contributed by atoms with van der Waals surface area (Å²) in [5.41, 5.74) is 0.356. The van der Waals surface area contributed by atoms with Crippen LogP contribution in [0.2, 0.25) is 0 Å². The van der Waals surface area contributed by atoms with E-state index in [1.54, 1.807) is 19.2 Å². The maximum Gasteiger partial charge on any atom is 0.416 e. The van der Waals surface area contributed by atoms with Crippen molar-refractivity contribution in [2.75, 3.05) is 24.3 Å². The van der Waals surface area contributed by atoms with Crippen molar-refractivity contribution >= 4 is 17.7 Å². The number of nitrogens with zero attached hydrogens (tertiary/aromatic N) is 3. The van der Waals surface area contributed by atoms with Crippen LogP contribution in [0.5, 0.6) is 0 Å². The molecule has 32 heavy (non-hydrogen) atoms. The molecule has 0 saturated heterocycles. The van der Waals surface area contributed by atoms with Crippen molar-refractivity contribution in [3.05, 3.63) is 47.2 Å². The van der Waals surface area contributed by atoms with Crippen LogP contribution in [0.3, 0.4) is 0 Å². The molecule has 1 heterocycles. The second-order valence-electron chi connectivity index (χ2n) is 8.60. The van der Waals surface area contributed by atoms with Gasteiger partial charge >= 0.3 is 6.18 Å². The van der Waals surface area contributed by atoms with Crippen LogP contribution in [0.15, 0.2) is 30.5 Å². The highest BCUT2D eigenvalue weighted by Gasteiger charge is 2.35. The highest BCUT2D eigenvalue weighted by molar-refractivity contribution is 5.79. The third-order valence-corrected chi connectivity index (χ3v) is 5.89. The summed E-state index contributed by atoms with van der Waals surface area (Å²) in [6, 6.07) is 4.80. The molecule has 1 aliphatic carbocycles. The Bertz CT molecular complexity index is 939.